The molecule has 1 amide bonds. The number of aromatic carboxylic acids is 1. The molecule has 0 aliphatic carbocycles. The van der Waals surface area contributed by atoms with Gasteiger partial charge in [-0.2, -0.15) is 0 Å². The van der Waals surface area contributed by atoms with Crippen LogP contribution in [0.2, 0.25) is 0 Å². The zero-order valence-electron chi connectivity index (χ0n) is 10.3. The maximum atomic E-state index is 11.9. The summed E-state index contributed by atoms with van der Waals surface area (Å²) in [6.45, 7) is 0.558. The van der Waals surface area contributed by atoms with Gasteiger partial charge in [-0.15, -0.1) is 0 Å². The van der Waals surface area contributed by atoms with Gasteiger partial charge in [-0.3, -0.25) is 4.79 Å². The van der Waals surface area contributed by atoms with Crippen molar-refractivity contribution in [2.75, 3.05) is 11.9 Å². The number of nitrogens with one attached hydrogen (secondary N) is 1. The summed E-state index contributed by atoms with van der Waals surface area (Å²) < 4.78 is 5.33. The smallest absolute Gasteiger partial charge is 0.335 e. The van der Waals surface area contributed by atoms with Crippen LogP contribution in [0, 0.1) is 0 Å². The Kier molecular flexibility index (Phi) is 4.01. The van der Waals surface area contributed by atoms with Gasteiger partial charge in [0.05, 0.1) is 11.3 Å². The van der Waals surface area contributed by atoms with E-state index in [4.69, 9.17) is 9.84 Å². The van der Waals surface area contributed by atoms with Crippen molar-refractivity contribution in [2.45, 2.75) is 25.4 Å². The third-order valence-corrected chi connectivity index (χ3v) is 2.97. The Bertz CT molecular complexity index is 494. The van der Waals surface area contributed by atoms with Crippen LogP contribution < -0.4 is 5.32 Å². The molecule has 102 valence electrons. The van der Waals surface area contributed by atoms with E-state index in [0.29, 0.717) is 13.0 Å². The summed E-state index contributed by atoms with van der Waals surface area (Å²) in [5, 5.41) is 21.0. The Morgan fingerprint density at radius 2 is 2.11 bits per heavy atom. The molecule has 1 aromatic rings. The van der Waals surface area contributed by atoms with Crippen molar-refractivity contribution < 1.29 is 24.5 Å². The van der Waals surface area contributed by atoms with Gasteiger partial charge in [0, 0.05) is 6.61 Å². The van der Waals surface area contributed by atoms with Crippen molar-refractivity contribution in [3.05, 3.63) is 23.8 Å². The SMILES string of the molecule is O=C(O)c1ccc(NC(=O)C2CCCCO2)c(O)c1. The van der Waals surface area contributed by atoms with Gasteiger partial charge in [-0.05, 0) is 37.5 Å². The summed E-state index contributed by atoms with van der Waals surface area (Å²) in [6, 6.07) is 3.78. The first-order chi connectivity index (χ1) is 9.08. The van der Waals surface area contributed by atoms with Crippen molar-refractivity contribution in [1.29, 1.82) is 0 Å². The van der Waals surface area contributed by atoms with Crippen LogP contribution in [0.3, 0.4) is 0 Å². The van der Waals surface area contributed by atoms with Gasteiger partial charge in [0.1, 0.15) is 11.9 Å². The second-order valence-corrected chi connectivity index (χ2v) is 4.38. The third-order valence-electron chi connectivity index (χ3n) is 2.97. The number of aromatic hydroxyl groups is 1. The van der Waals surface area contributed by atoms with Crippen molar-refractivity contribution in [2.24, 2.45) is 0 Å². The number of amides is 1. The normalized spacial score (nSPS) is 18.8. The lowest BCUT2D eigenvalue weighted by molar-refractivity contribution is -0.129. The van der Waals surface area contributed by atoms with Crippen molar-refractivity contribution in [3.63, 3.8) is 0 Å². The highest BCUT2D eigenvalue weighted by molar-refractivity contribution is 5.96. The van der Waals surface area contributed by atoms with Gasteiger partial charge >= 0.3 is 5.97 Å². The molecule has 2 rings (SSSR count). The largest absolute Gasteiger partial charge is 0.506 e. The fourth-order valence-electron chi connectivity index (χ4n) is 1.93. The minimum absolute atomic E-state index is 0.0376. The number of carbonyl (C=O) groups excluding carboxylic acids is 1. The summed E-state index contributed by atoms with van der Waals surface area (Å²) in [5.41, 5.74) is 0.147. The Labute approximate surface area is 110 Å². The predicted molar refractivity (Wildman–Crippen MR) is 67.3 cm³/mol. The number of rotatable bonds is 3. The van der Waals surface area contributed by atoms with E-state index in [9.17, 15) is 14.7 Å². The molecule has 1 saturated heterocycles. The zero-order chi connectivity index (χ0) is 13.8. The summed E-state index contributed by atoms with van der Waals surface area (Å²) in [4.78, 5) is 22.6. The molecule has 0 aromatic heterocycles. The summed E-state index contributed by atoms with van der Waals surface area (Å²) in [6.07, 6.45) is 2.02. The molecule has 6 nitrogen and oxygen atoms in total. The number of anilines is 1. The second kappa shape index (κ2) is 5.71. The topological polar surface area (TPSA) is 95.9 Å². The van der Waals surface area contributed by atoms with Crippen LogP contribution in [0.5, 0.6) is 5.75 Å². The molecule has 1 aliphatic rings. The van der Waals surface area contributed by atoms with Crippen molar-refractivity contribution in [3.8, 4) is 5.75 Å². The minimum atomic E-state index is -1.14. The van der Waals surface area contributed by atoms with Crippen LogP contribution in [-0.4, -0.2) is 34.8 Å². The first-order valence-corrected chi connectivity index (χ1v) is 6.06. The number of hydrogen-bond donors (Lipinski definition) is 3. The van der Waals surface area contributed by atoms with Gasteiger partial charge in [-0.1, -0.05) is 0 Å². The van der Waals surface area contributed by atoms with Crippen LogP contribution in [-0.2, 0) is 9.53 Å². The van der Waals surface area contributed by atoms with Crippen LogP contribution in [0.15, 0.2) is 18.2 Å². The van der Waals surface area contributed by atoms with Crippen molar-refractivity contribution in [1.82, 2.24) is 0 Å². The molecule has 1 aromatic carbocycles. The molecule has 0 radical (unpaired) electrons. The molecule has 0 bridgehead atoms. The standard InChI is InChI=1S/C13H15NO5/c15-10-7-8(13(17)18)4-5-9(10)14-12(16)11-3-1-2-6-19-11/h4-5,7,11,15H,1-3,6H2,(H,14,16)(H,17,18). The average molecular weight is 265 g/mol. The highest BCUT2D eigenvalue weighted by Crippen LogP contribution is 2.25. The maximum Gasteiger partial charge on any atom is 0.335 e. The van der Waals surface area contributed by atoms with Gasteiger partial charge in [0.15, 0.2) is 0 Å². The van der Waals surface area contributed by atoms with E-state index >= 15 is 0 Å². The Hall–Kier alpha value is -2.08. The van der Waals surface area contributed by atoms with E-state index in [2.05, 4.69) is 5.32 Å². The van der Waals surface area contributed by atoms with Gasteiger partial charge < -0.3 is 20.3 Å². The Balaban J connectivity index is 2.06. The monoisotopic (exact) mass is 265 g/mol. The lowest BCUT2D eigenvalue weighted by Crippen LogP contribution is -2.33. The number of phenols is 1. The Morgan fingerprint density at radius 1 is 1.32 bits per heavy atom. The zero-order valence-corrected chi connectivity index (χ0v) is 10.3. The number of carboxylic acids is 1. The van der Waals surface area contributed by atoms with E-state index in [-0.39, 0.29) is 22.9 Å². The number of phenolic OH excluding ortho intramolecular Hbond substituents is 1. The van der Waals surface area contributed by atoms with E-state index in [1.807, 2.05) is 0 Å². The Morgan fingerprint density at radius 3 is 2.68 bits per heavy atom. The molecule has 0 spiro atoms. The summed E-state index contributed by atoms with van der Waals surface area (Å²) >= 11 is 0. The first kappa shape index (κ1) is 13.4. The molecule has 6 heteroatoms. The molecule has 1 fully saturated rings. The molecule has 1 unspecified atom stereocenters. The highest BCUT2D eigenvalue weighted by Gasteiger charge is 2.22. The molecule has 1 atom stereocenters. The quantitative estimate of drug-likeness (QED) is 0.721. The molecule has 1 aliphatic heterocycles. The minimum Gasteiger partial charge on any atom is -0.506 e. The van der Waals surface area contributed by atoms with E-state index < -0.39 is 12.1 Å². The number of carbonyl (C=O) groups is 2. The van der Waals surface area contributed by atoms with Crippen molar-refractivity contribution >= 4 is 17.6 Å². The molecule has 0 saturated carbocycles. The molecular weight excluding hydrogens is 250 g/mol. The lowest BCUT2D eigenvalue weighted by Gasteiger charge is -2.21. The number of benzene rings is 1. The van der Waals surface area contributed by atoms with Crippen LogP contribution in [0.1, 0.15) is 29.6 Å². The molecule has 3 N–H and O–H groups in total. The average Bonchev–Trinajstić information content (AvgIpc) is 2.41. The summed E-state index contributed by atoms with van der Waals surface area (Å²) in [5.74, 6) is -1.73. The number of hydrogen-bond acceptors (Lipinski definition) is 4. The van der Waals surface area contributed by atoms with E-state index in [0.717, 1.165) is 18.9 Å². The predicted octanol–water partition coefficient (Wildman–Crippen LogP) is 1.60. The molecular formula is C13H15NO5. The van der Waals surface area contributed by atoms with Crippen LogP contribution in [0.25, 0.3) is 0 Å². The number of ether oxygens (including phenoxy) is 1. The second-order valence-electron chi connectivity index (χ2n) is 4.38. The van der Waals surface area contributed by atoms with Crippen LogP contribution in [0.4, 0.5) is 5.69 Å². The fourth-order valence-corrected chi connectivity index (χ4v) is 1.93. The number of carboxylic acid groups (broad SMARTS) is 1. The molecule has 19 heavy (non-hydrogen) atoms. The van der Waals surface area contributed by atoms with E-state index in [1.54, 1.807) is 0 Å². The van der Waals surface area contributed by atoms with Crippen LogP contribution >= 0.6 is 0 Å². The molecule has 1 heterocycles. The fraction of sp³-hybridized carbons (Fsp3) is 0.385. The van der Waals surface area contributed by atoms with Gasteiger partial charge in [0.25, 0.3) is 5.91 Å². The summed E-state index contributed by atoms with van der Waals surface area (Å²) in [7, 11) is 0. The maximum absolute atomic E-state index is 11.9. The van der Waals surface area contributed by atoms with Gasteiger partial charge in [0.2, 0.25) is 0 Å². The third kappa shape index (κ3) is 3.23. The van der Waals surface area contributed by atoms with E-state index in [1.165, 1.54) is 12.1 Å². The highest BCUT2D eigenvalue weighted by atomic mass is 16.5. The first-order valence-electron chi connectivity index (χ1n) is 6.06. The lowest BCUT2D eigenvalue weighted by atomic mass is 10.1. The van der Waals surface area contributed by atoms with Gasteiger partial charge in [-0.25, -0.2) is 4.79 Å².